The summed E-state index contributed by atoms with van der Waals surface area (Å²) in [7, 11) is 0. The van der Waals surface area contributed by atoms with Crippen LogP contribution in [0.4, 0.5) is 4.39 Å². The molecule has 1 saturated carbocycles. The molecular formula is C12H12FNO2. The van der Waals surface area contributed by atoms with Crippen molar-refractivity contribution < 1.29 is 14.3 Å². The van der Waals surface area contributed by atoms with Crippen LogP contribution >= 0.6 is 0 Å². The first-order valence-electron chi connectivity index (χ1n) is 5.18. The number of phenolic OH excluding ortho intramolecular Hbond substituents is 1. The molecule has 3 nitrogen and oxygen atoms in total. The fourth-order valence-electron chi connectivity index (χ4n) is 2.08. The molecule has 0 saturated heterocycles. The van der Waals surface area contributed by atoms with E-state index in [1.807, 2.05) is 0 Å². The molecule has 1 aliphatic rings. The van der Waals surface area contributed by atoms with E-state index in [-0.39, 0.29) is 11.6 Å². The molecule has 2 rings (SSSR count). The number of benzene rings is 1. The lowest BCUT2D eigenvalue weighted by Gasteiger charge is -2.37. The molecule has 0 heterocycles. The van der Waals surface area contributed by atoms with E-state index >= 15 is 0 Å². The largest absolute Gasteiger partial charge is 0.508 e. The highest BCUT2D eigenvalue weighted by atomic mass is 19.1. The third-order valence-electron chi connectivity index (χ3n) is 3.22. The minimum absolute atomic E-state index is 0.00222. The number of hydrogen-bond donors (Lipinski definition) is 1. The van der Waals surface area contributed by atoms with Crippen molar-refractivity contribution in [2.45, 2.75) is 31.7 Å². The maximum Gasteiger partial charge on any atom is 0.235 e. The highest BCUT2D eigenvalue weighted by molar-refractivity contribution is 5.46. The zero-order valence-corrected chi connectivity index (χ0v) is 8.96. The summed E-state index contributed by atoms with van der Waals surface area (Å²) >= 11 is 0. The number of aliphatic imine (C=N–C) groups is 1. The van der Waals surface area contributed by atoms with Crippen molar-refractivity contribution in [1.29, 1.82) is 0 Å². The van der Waals surface area contributed by atoms with Gasteiger partial charge in [0.1, 0.15) is 17.1 Å². The van der Waals surface area contributed by atoms with Gasteiger partial charge < -0.3 is 5.11 Å². The Kier molecular flexibility index (Phi) is 2.52. The van der Waals surface area contributed by atoms with Gasteiger partial charge >= 0.3 is 0 Å². The quantitative estimate of drug-likeness (QED) is 0.616. The Labute approximate surface area is 92.6 Å². The monoisotopic (exact) mass is 221 g/mol. The summed E-state index contributed by atoms with van der Waals surface area (Å²) in [6.07, 6.45) is 3.73. The van der Waals surface area contributed by atoms with Gasteiger partial charge in [0.05, 0.1) is 0 Å². The zero-order chi connectivity index (χ0) is 11.8. The molecule has 0 radical (unpaired) electrons. The molecule has 1 aromatic carbocycles. The van der Waals surface area contributed by atoms with E-state index in [4.69, 9.17) is 0 Å². The number of nitrogens with zero attached hydrogens (tertiary/aromatic N) is 1. The third kappa shape index (κ3) is 1.51. The Morgan fingerprint density at radius 2 is 2.19 bits per heavy atom. The molecule has 16 heavy (non-hydrogen) atoms. The Bertz CT molecular complexity index is 474. The smallest absolute Gasteiger partial charge is 0.235 e. The lowest BCUT2D eigenvalue weighted by atomic mass is 9.72. The molecule has 4 heteroatoms. The first-order chi connectivity index (χ1) is 7.59. The van der Waals surface area contributed by atoms with E-state index in [1.165, 1.54) is 18.2 Å². The van der Waals surface area contributed by atoms with E-state index in [0.29, 0.717) is 24.0 Å². The summed E-state index contributed by atoms with van der Waals surface area (Å²) in [6, 6.07) is 2.63. The van der Waals surface area contributed by atoms with Crippen LogP contribution in [0.3, 0.4) is 0 Å². The molecular weight excluding hydrogens is 209 g/mol. The van der Waals surface area contributed by atoms with Gasteiger partial charge in [-0.2, -0.15) is 4.99 Å². The summed E-state index contributed by atoms with van der Waals surface area (Å²) in [5, 5.41) is 9.79. The summed E-state index contributed by atoms with van der Waals surface area (Å²) in [5.41, 5.74) is 0.0245. The first-order valence-corrected chi connectivity index (χ1v) is 5.18. The Hall–Kier alpha value is -1.67. The van der Waals surface area contributed by atoms with Crippen molar-refractivity contribution in [3.8, 4) is 5.75 Å². The zero-order valence-electron chi connectivity index (χ0n) is 8.96. The van der Waals surface area contributed by atoms with Crippen molar-refractivity contribution in [1.82, 2.24) is 0 Å². The Balaban J connectivity index is 2.54. The van der Waals surface area contributed by atoms with Gasteiger partial charge in [-0.05, 0) is 43.9 Å². The highest BCUT2D eigenvalue weighted by Gasteiger charge is 2.41. The standard InChI is InChI=1S/C12H12FNO2/c1-8-5-11(16)9(6-10(8)13)12(14-7-15)3-2-4-12/h5-6,16H,2-4H2,1H3. The van der Waals surface area contributed by atoms with Crippen LogP contribution in [-0.2, 0) is 10.3 Å². The van der Waals surface area contributed by atoms with Crippen LogP contribution in [0.2, 0.25) is 0 Å². The summed E-state index contributed by atoms with van der Waals surface area (Å²) in [5.74, 6) is -0.391. The number of carbonyl (C=O) groups excluding carboxylic acids is 1. The number of aromatic hydroxyl groups is 1. The van der Waals surface area contributed by atoms with Gasteiger partial charge in [0.25, 0.3) is 0 Å². The van der Waals surface area contributed by atoms with E-state index < -0.39 is 5.54 Å². The highest BCUT2D eigenvalue weighted by Crippen LogP contribution is 2.48. The van der Waals surface area contributed by atoms with E-state index in [2.05, 4.69) is 4.99 Å². The fourth-order valence-corrected chi connectivity index (χ4v) is 2.08. The van der Waals surface area contributed by atoms with Gasteiger partial charge in [-0.25, -0.2) is 9.18 Å². The van der Waals surface area contributed by atoms with E-state index in [0.717, 1.165) is 6.42 Å². The average molecular weight is 221 g/mol. The van der Waals surface area contributed by atoms with Crippen molar-refractivity contribution in [2.24, 2.45) is 4.99 Å². The molecule has 1 aromatic rings. The summed E-state index contributed by atoms with van der Waals surface area (Å²) in [6.45, 7) is 1.58. The predicted molar refractivity (Wildman–Crippen MR) is 56.5 cm³/mol. The van der Waals surface area contributed by atoms with Crippen LogP contribution in [0.25, 0.3) is 0 Å². The van der Waals surface area contributed by atoms with Gasteiger partial charge in [0, 0.05) is 5.56 Å². The van der Waals surface area contributed by atoms with E-state index in [1.54, 1.807) is 6.92 Å². The van der Waals surface area contributed by atoms with Crippen molar-refractivity contribution >= 4 is 6.08 Å². The van der Waals surface area contributed by atoms with Crippen LogP contribution in [0.15, 0.2) is 17.1 Å². The van der Waals surface area contributed by atoms with Crippen LogP contribution in [0.5, 0.6) is 5.75 Å². The lowest BCUT2D eigenvalue weighted by Crippen LogP contribution is -2.32. The second kappa shape index (κ2) is 3.72. The molecule has 0 aliphatic heterocycles. The maximum absolute atomic E-state index is 13.4. The first kappa shape index (κ1) is 10.8. The van der Waals surface area contributed by atoms with Crippen LogP contribution in [0, 0.1) is 12.7 Å². The minimum atomic E-state index is -0.750. The summed E-state index contributed by atoms with van der Waals surface area (Å²) in [4.78, 5) is 14.1. The van der Waals surface area contributed by atoms with Crippen LogP contribution in [0.1, 0.15) is 30.4 Å². The number of halogens is 1. The number of isocyanates is 1. The Morgan fingerprint density at radius 1 is 1.50 bits per heavy atom. The maximum atomic E-state index is 13.4. The van der Waals surface area contributed by atoms with Crippen LogP contribution in [-0.4, -0.2) is 11.2 Å². The van der Waals surface area contributed by atoms with Crippen molar-refractivity contribution in [3.63, 3.8) is 0 Å². The molecule has 1 N–H and O–H groups in total. The molecule has 0 unspecified atom stereocenters. The predicted octanol–water partition coefficient (Wildman–Crippen LogP) is 2.55. The summed E-state index contributed by atoms with van der Waals surface area (Å²) < 4.78 is 13.4. The molecule has 0 bridgehead atoms. The SMILES string of the molecule is Cc1cc(O)c(C2(N=C=O)CCC2)cc1F. The third-order valence-corrected chi connectivity index (χ3v) is 3.22. The number of aryl methyl sites for hydroxylation is 1. The molecule has 1 fully saturated rings. The van der Waals surface area contributed by atoms with Crippen LogP contribution < -0.4 is 0 Å². The molecule has 84 valence electrons. The number of hydrogen-bond acceptors (Lipinski definition) is 3. The number of phenols is 1. The van der Waals surface area contributed by atoms with Gasteiger partial charge in [-0.15, -0.1) is 0 Å². The van der Waals surface area contributed by atoms with Gasteiger partial charge in [0.15, 0.2) is 0 Å². The van der Waals surface area contributed by atoms with Crippen molar-refractivity contribution in [2.75, 3.05) is 0 Å². The molecule has 1 aliphatic carbocycles. The van der Waals surface area contributed by atoms with Gasteiger partial charge in [-0.1, -0.05) is 0 Å². The Morgan fingerprint density at radius 3 is 2.69 bits per heavy atom. The molecule has 0 atom stereocenters. The minimum Gasteiger partial charge on any atom is -0.508 e. The average Bonchev–Trinajstić information content (AvgIpc) is 2.18. The second-order valence-corrected chi connectivity index (χ2v) is 4.21. The van der Waals surface area contributed by atoms with E-state index in [9.17, 15) is 14.3 Å². The van der Waals surface area contributed by atoms with Gasteiger partial charge in [0.2, 0.25) is 6.08 Å². The topological polar surface area (TPSA) is 49.7 Å². The second-order valence-electron chi connectivity index (χ2n) is 4.21. The molecule has 0 spiro atoms. The van der Waals surface area contributed by atoms with Crippen molar-refractivity contribution in [3.05, 3.63) is 29.1 Å². The fraction of sp³-hybridized carbons (Fsp3) is 0.417. The van der Waals surface area contributed by atoms with Gasteiger partial charge in [-0.3, -0.25) is 0 Å². The lowest BCUT2D eigenvalue weighted by molar-refractivity contribution is 0.247. The normalized spacial score (nSPS) is 17.4. The number of rotatable bonds is 2. The molecule has 0 aromatic heterocycles. The molecule has 0 amide bonds.